The van der Waals surface area contributed by atoms with Gasteiger partial charge in [0.2, 0.25) is 0 Å². The SMILES string of the molecule is C=CCCNC(C)c1ccc(Cl)s1. The zero-order valence-corrected chi connectivity index (χ0v) is 9.29. The van der Waals surface area contributed by atoms with Crippen molar-refractivity contribution in [2.24, 2.45) is 0 Å². The third-order valence-corrected chi connectivity index (χ3v) is 3.23. The normalized spacial score (nSPS) is 12.8. The summed E-state index contributed by atoms with van der Waals surface area (Å²) in [6.07, 6.45) is 2.92. The standard InChI is InChI=1S/C10H14ClNS/c1-3-4-7-12-8(2)9-5-6-10(11)13-9/h3,5-6,8,12H,1,4,7H2,2H3. The largest absolute Gasteiger partial charge is 0.309 e. The lowest BCUT2D eigenvalue weighted by Crippen LogP contribution is -2.18. The maximum absolute atomic E-state index is 5.84. The monoisotopic (exact) mass is 215 g/mol. The summed E-state index contributed by atoms with van der Waals surface area (Å²) in [6.45, 7) is 6.79. The minimum Gasteiger partial charge on any atom is -0.309 e. The molecule has 1 rings (SSSR count). The number of halogens is 1. The van der Waals surface area contributed by atoms with Gasteiger partial charge in [0.1, 0.15) is 0 Å². The van der Waals surface area contributed by atoms with Crippen LogP contribution >= 0.6 is 22.9 Å². The van der Waals surface area contributed by atoms with Crippen LogP contribution in [0.2, 0.25) is 4.34 Å². The molecule has 0 spiro atoms. The highest BCUT2D eigenvalue weighted by Crippen LogP contribution is 2.26. The topological polar surface area (TPSA) is 12.0 Å². The second-order valence-electron chi connectivity index (χ2n) is 2.90. The maximum atomic E-state index is 5.84. The Bertz CT molecular complexity index is 270. The Balaban J connectivity index is 2.39. The number of nitrogens with one attached hydrogen (secondary N) is 1. The van der Waals surface area contributed by atoms with Gasteiger partial charge in [-0.15, -0.1) is 17.9 Å². The predicted molar refractivity (Wildman–Crippen MR) is 60.6 cm³/mol. The molecule has 1 heterocycles. The van der Waals surface area contributed by atoms with E-state index in [2.05, 4.69) is 24.9 Å². The van der Waals surface area contributed by atoms with Crippen molar-refractivity contribution in [3.05, 3.63) is 34.0 Å². The van der Waals surface area contributed by atoms with Gasteiger partial charge in [-0.1, -0.05) is 17.7 Å². The van der Waals surface area contributed by atoms with E-state index in [-0.39, 0.29) is 0 Å². The second kappa shape index (κ2) is 5.43. The van der Waals surface area contributed by atoms with Crippen molar-refractivity contribution in [3.63, 3.8) is 0 Å². The predicted octanol–water partition coefficient (Wildman–Crippen LogP) is 3.63. The quantitative estimate of drug-likeness (QED) is 0.584. The van der Waals surface area contributed by atoms with Crippen molar-refractivity contribution < 1.29 is 0 Å². The molecule has 0 aliphatic heterocycles. The number of rotatable bonds is 5. The molecule has 13 heavy (non-hydrogen) atoms. The van der Waals surface area contributed by atoms with Crippen molar-refractivity contribution in [2.75, 3.05) is 6.54 Å². The highest BCUT2D eigenvalue weighted by Gasteiger charge is 2.05. The van der Waals surface area contributed by atoms with Crippen molar-refractivity contribution in [1.29, 1.82) is 0 Å². The van der Waals surface area contributed by atoms with E-state index in [9.17, 15) is 0 Å². The first-order valence-electron chi connectivity index (χ1n) is 4.33. The Labute approximate surface area is 88.4 Å². The van der Waals surface area contributed by atoms with Crippen LogP contribution in [0.1, 0.15) is 24.3 Å². The van der Waals surface area contributed by atoms with Crippen molar-refractivity contribution in [3.8, 4) is 0 Å². The summed E-state index contributed by atoms with van der Waals surface area (Å²) in [4.78, 5) is 1.29. The third kappa shape index (κ3) is 3.51. The minimum atomic E-state index is 0.387. The van der Waals surface area contributed by atoms with Crippen molar-refractivity contribution in [2.45, 2.75) is 19.4 Å². The number of hydrogen-bond donors (Lipinski definition) is 1. The zero-order chi connectivity index (χ0) is 9.68. The van der Waals surface area contributed by atoms with Crippen molar-refractivity contribution >= 4 is 22.9 Å². The number of hydrogen-bond acceptors (Lipinski definition) is 2. The molecule has 0 saturated carbocycles. The van der Waals surface area contributed by atoms with Gasteiger partial charge in [0.25, 0.3) is 0 Å². The molecule has 1 nitrogen and oxygen atoms in total. The average molecular weight is 216 g/mol. The fourth-order valence-corrected chi connectivity index (χ4v) is 2.15. The lowest BCUT2D eigenvalue weighted by Gasteiger charge is -2.10. The van der Waals surface area contributed by atoms with Crippen LogP contribution in [0.4, 0.5) is 0 Å². The van der Waals surface area contributed by atoms with Crippen LogP contribution in [0, 0.1) is 0 Å². The average Bonchev–Trinajstić information content (AvgIpc) is 2.52. The van der Waals surface area contributed by atoms with E-state index in [0.717, 1.165) is 17.3 Å². The molecule has 0 aromatic carbocycles. The molecule has 1 atom stereocenters. The van der Waals surface area contributed by atoms with Gasteiger partial charge in [0, 0.05) is 10.9 Å². The lowest BCUT2D eigenvalue weighted by molar-refractivity contribution is 0.589. The molecule has 3 heteroatoms. The fourth-order valence-electron chi connectivity index (χ4n) is 1.06. The third-order valence-electron chi connectivity index (χ3n) is 1.82. The van der Waals surface area contributed by atoms with Gasteiger partial charge in [0.15, 0.2) is 0 Å². The molecule has 1 N–H and O–H groups in total. The summed E-state index contributed by atoms with van der Waals surface area (Å²) in [5, 5.41) is 3.39. The molecule has 1 aromatic heterocycles. The molecule has 0 aliphatic rings. The Morgan fingerprint density at radius 1 is 1.69 bits per heavy atom. The lowest BCUT2D eigenvalue weighted by atomic mass is 10.2. The van der Waals surface area contributed by atoms with Crippen LogP contribution in [0.15, 0.2) is 24.8 Å². The first-order valence-corrected chi connectivity index (χ1v) is 5.53. The van der Waals surface area contributed by atoms with E-state index < -0.39 is 0 Å². The van der Waals surface area contributed by atoms with E-state index in [4.69, 9.17) is 11.6 Å². The van der Waals surface area contributed by atoms with Gasteiger partial charge in [-0.25, -0.2) is 0 Å². The molecule has 72 valence electrons. The zero-order valence-electron chi connectivity index (χ0n) is 7.72. The Morgan fingerprint density at radius 2 is 2.46 bits per heavy atom. The molecule has 0 aliphatic carbocycles. The van der Waals surface area contributed by atoms with E-state index in [1.807, 2.05) is 12.1 Å². The summed E-state index contributed by atoms with van der Waals surface area (Å²) in [7, 11) is 0. The molecule has 1 unspecified atom stereocenters. The smallest absolute Gasteiger partial charge is 0.0931 e. The maximum Gasteiger partial charge on any atom is 0.0931 e. The molecule has 0 radical (unpaired) electrons. The molecular weight excluding hydrogens is 202 g/mol. The van der Waals surface area contributed by atoms with E-state index >= 15 is 0 Å². The first-order chi connectivity index (χ1) is 6.24. The molecule has 1 aromatic rings. The van der Waals surface area contributed by atoms with Gasteiger partial charge in [-0.2, -0.15) is 0 Å². The highest BCUT2D eigenvalue weighted by molar-refractivity contribution is 7.16. The van der Waals surface area contributed by atoms with Crippen LogP contribution in [0.25, 0.3) is 0 Å². The summed E-state index contributed by atoms with van der Waals surface area (Å²) >= 11 is 7.47. The molecule has 0 fully saturated rings. The summed E-state index contributed by atoms with van der Waals surface area (Å²) in [5.41, 5.74) is 0. The highest BCUT2D eigenvalue weighted by atomic mass is 35.5. The van der Waals surface area contributed by atoms with Crippen molar-refractivity contribution in [1.82, 2.24) is 5.32 Å². The molecule has 0 amide bonds. The molecule has 0 saturated heterocycles. The molecule has 0 bridgehead atoms. The van der Waals surface area contributed by atoms with Crippen LogP contribution < -0.4 is 5.32 Å². The minimum absolute atomic E-state index is 0.387. The van der Waals surface area contributed by atoms with E-state index in [0.29, 0.717) is 6.04 Å². The summed E-state index contributed by atoms with van der Waals surface area (Å²) < 4.78 is 0.854. The Morgan fingerprint density at radius 3 is 3.00 bits per heavy atom. The first kappa shape index (κ1) is 10.8. The Kier molecular flexibility index (Phi) is 4.50. The number of thiophene rings is 1. The van der Waals surface area contributed by atoms with E-state index in [1.165, 1.54) is 4.88 Å². The van der Waals surface area contributed by atoms with Gasteiger partial charge >= 0.3 is 0 Å². The van der Waals surface area contributed by atoms with Crippen LogP contribution in [-0.4, -0.2) is 6.54 Å². The Hall–Kier alpha value is -0.310. The summed E-state index contributed by atoms with van der Waals surface area (Å²) in [6, 6.07) is 4.39. The van der Waals surface area contributed by atoms with Crippen LogP contribution in [-0.2, 0) is 0 Å². The van der Waals surface area contributed by atoms with E-state index in [1.54, 1.807) is 11.3 Å². The summed E-state index contributed by atoms with van der Waals surface area (Å²) in [5.74, 6) is 0. The van der Waals surface area contributed by atoms with Gasteiger partial charge < -0.3 is 5.32 Å². The van der Waals surface area contributed by atoms with Gasteiger partial charge in [0.05, 0.1) is 4.34 Å². The van der Waals surface area contributed by atoms with Gasteiger partial charge in [-0.05, 0) is 32.0 Å². The molecular formula is C10H14ClNS. The second-order valence-corrected chi connectivity index (χ2v) is 4.64. The fraction of sp³-hybridized carbons (Fsp3) is 0.400. The van der Waals surface area contributed by atoms with Crippen LogP contribution in [0.3, 0.4) is 0 Å². The van der Waals surface area contributed by atoms with Crippen LogP contribution in [0.5, 0.6) is 0 Å². The van der Waals surface area contributed by atoms with Gasteiger partial charge in [-0.3, -0.25) is 0 Å².